The summed E-state index contributed by atoms with van der Waals surface area (Å²) in [6, 6.07) is 1.07. The van der Waals surface area contributed by atoms with Gasteiger partial charge in [0.1, 0.15) is 10.7 Å². The SMILES string of the molecule is Cc1oc(C(=O)N2CC[C@@](C)(C(=O)O)C2)cc1S(N)(=O)=O. The van der Waals surface area contributed by atoms with Crippen LogP contribution in [0.1, 0.15) is 29.7 Å². The molecular weight excluding hydrogens is 300 g/mol. The van der Waals surface area contributed by atoms with Crippen LogP contribution in [0.2, 0.25) is 0 Å². The molecule has 21 heavy (non-hydrogen) atoms. The van der Waals surface area contributed by atoms with Crippen LogP contribution in [-0.4, -0.2) is 43.4 Å². The predicted octanol–water partition coefficient (Wildman–Crippen LogP) is 0.172. The van der Waals surface area contributed by atoms with Gasteiger partial charge in [-0.15, -0.1) is 0 Å². The predicted molar refractivity (Wildman–Crippen MR) is 71.1 cm³/mol. The molecule has 1 aliphatic heterocycles. The highest BCUT2D eigenvalue weighted by Crippen LogP contribution is 2.31. The maximum atomic E-state index is 12.3. The molecule has 1 aliphatic rings. The van der Waals surface area contributed by atoms with Crippen LogP contribution >= 0.6 is 0 Å². The molecule has 2 heterocycles. The van der Waals surface area contributed by atoms with Gasteiger partial charge >= 0.3 is 5.97 Å². The molecule has 1 atom stereocenters. The van der Waals surface area contributed by atoms with Gasteiger partial charge < -0.3 is 14.4 Å². The number of carboxylic acid groups (broad SMARTS) is 1. The van der Waals surface area contributed by atoms with E-state index in [1.807, 2.05) is 0 Å². The zero-order valence-corrected chi connectivity index (χ0v) is 12.4. The zero-order valence-electron chi connectivity index (χ0n) is 11.6. The summed E-state index contributed by atoms with van der Waals surface area (Å²) in [7, 11) is -3.96. The molecule has 0 bridgehead atoms. The van der Waals surface area contributed by atoms with Crippen LogP contribution in [-0.2, 0) is 14.8 Å². The smallest absolute Gasteiger partial charge is 0.311 e. The molecule has 0 saturated carbocycles. The van der Waals surface area contributed by atoms with Crippen LogP contribution in [0.5, 0.6) is 0 Å². The Kier molecular flexibility index (Phi) is 3.58. The molecule has 0 spiro atoms. The largest absolute Gasteiger partial charge is 0.481 e. The molecule has 2 rings (SSSR count). The average Bonchev–Trinajstić information content (AvgIpc) is 2.92. The van der Waals surface area contributed by atoms with Crippen molar-refractivity contribution in [3.8, 4) is 0 Å². The lowest BCUT2D eigenvalue weighted by atomic mass is 9.90. The third kappa shape index (κ3) is 2.79. The van der Waals surface area contributed by atoms with Gasteiger partial charge in [-0.2, -0.15) is 0 Å². The Balaban J connectivity index is 2.25. The number of aliphatic carboxylic acids is 1. The number of carboxylic acids is 1. The van der Waals surface area contributed by atoms with Gasteiger partial charge in [0.05, 0.1) is 5.41 Å². The topological polar surface area (TPSA) is 131 Å². The summed E-state index contributed by atoms with van der Waals surface area (Å²) in [6.07, 6.45) is 0.329. The highest BCUT2D eigenvalue weighted by atomic mass is 32.2. The van der Waals surface area contributed by atoms with Gasteiger partial charge in [0.15, 0.2) is 5.76 Å². The van der Waals surface area contributed by atoms with Crippen molar-refractivity contribution in [2.24, 2.45) is 10.6 Å². The standard InChI is InChI=1S/C12H16N2O6S/c1-7-9(21(13,18)19)5-8(20-7)10(15)14-4-3-12(2,6-14)11(16)17/h5H,3-4,6H2,1-2H3,(H,16,17)(H2,13,18,19)/t12-/m1/s1. The van der Waals surface area contributed by atoms with Crippen molar-refractivity contribution < 1.29 is 27.5 Å². The maximum absolute atomic E-state index is 12.3. The molecule has 0 unspecified atom stereocenters. The highest BCUT2D eigenvalue weighted by molar-refractivity contribution is 7.89. The number of sulfonamides is 1. The van der Waals surface area contributed by atoms with Gasteiger partial charge in [-0.3, -0.25) is 9.59 Å². The molecule has 1 aromatic rings. The van der Waals surface area contributed by atoms with Gasteiger partial charge in [0, 0.05) is 19.2 Å². The number of nitrogens with zero attached hydrogens (tertiary/aromatic N) is 1. The van der Waals surface area contributed by atoms with E-state index < -0.39 is 27.3 Å². The van der Waals surface area contributed by atoms with E-state index in [0.29, 0.717) is 6.42 Å². The van der Waals surface area contributed by atoms with Crippen molar-refractivity contribution >= 4 is 21.9 Å². The minimum Gasteiger partial charge on any atom is -0.481 e. The number of carbonyl (C=O) groups is 2. The second kappa shape index (κ2) is 4.85. The quantitative estimate of drug-likeness (QED) is 0.817. The lowest BCUT2D eigenvalue weighted by Crippen LogP contribution is -2.34. The van der Waals surface area contributed by atoms with E-state index in [2.05, 4.69) is 0 Å². The molecule has 0 aromatic carbocycles. The summed E-state index contributed by atoms with van der Waals surface area (Å²) >= 11 is 0. The third-order valence-electron chi connectivity index (χ3n) is 3.67. The number of amides is 1. The molecule has 1 amide bonds. The molecule has 1 saturated heterocycles. The number of aryl methyl sites for hydroxylation is 1. The van der Waals surface area contributed by atoms with E-state index in [0.717, 1.165) is 6.07 Å². The summed E-state index contributed by atoms with van der Waals surface area (Å²) in [4.78, 5) is 24.5. The fourth-order valence-corrected chi connectivity index (χ4v) is 3.03. The number of hydrogen-bond donors (Lipinski definition) is 2. The maximum Gasteiger partial charge on any atom is 0.311 e. The van der Waals surface area contributed by atoms with Crippen molar-refractivity contribution in [1.29, 1.82) is 0 Å². The molecule has 0 aliphatic carbocycles. The molecule has 0 radical (unpaired) electrons. The van der Waals surface area contributed by atoms with Crippen molar-refractivity contribution in [2.45, 2.75) is 25.2 Å². The summed E-state index contributed by atoms with van der Waals surface area (Å²) in [5.41, 5.74) is -1.000. The van der Waals surface area contributed by atoms with E-state index >= 15 is 0 Å². The van der Waals surface area contributed by atoms with Crippen LogP contribution in [0.15, 0.2) is 15.4 Å². The zero-order chi connectivity index (χ0) is 16.0. The van der Waals surface area contributed by atoms with Crippen molar-refractivity contribution in [3.05, 3.63) is 17.6 Å². The molecule has 3 N–H and O–H groups in total. The second-order valence-corrected chi connectivity index (χ2v) is 6.95. The van der Waals surface area contributed by atoms with Crippen LogP contribution in [0.4, 0.5) is 0 Å². The molecule has 9 heteroatoms. The lowest BCUT2D eigenvalue weighted by Gasteiger charge is -2.19. The van der Waals surface area contributed by atoms with E-state index in [-0.39, 0.29) is 29.5 Å². The van der Waals surface area contributed by atoms with Gasteiger partial charge in [-0.1, -0.05) is 0 Å². The first-order valence-electron chi connectivity index (χ1n) is 6.20. The van der Waals surface area contributed by atoms with Crippen LogP contribution in [0.3, 0.4) is 0 Å². The van der Waals surface area contributed by atoms with Gasteiger partial charge in [0.2, 0.25) is 10.0 Å². The first-order chi connectivity index (χ1) is 9.54. The van der Waals surface area contributed by atoms with E-state index in [9.17, 15) is 18.0 Å². The van der Waals surface area contributed by atoms with Gasteiger partial charge in [0.25, 0.3) is 5.91 Å². The Morgan fingerprint density at radius 1 is 1.48 bits per heavy atom. The first-order valence-corrected chi connectivity index (χ1v) is 7.75. The first kappa shape index (κ1) is 15.5. The van der Waals surface area contributed by atoms with E-state index in [1.54, 1.807) is 6.92 Å². The number of rotatable bonds is 3. The number of nitrogens with two attached hydrogens (primary N) is 1. The molecule has 1 fully saturated rings. The van der Waals surface area contributed by atoms with E-state index in [1.165, 1.54) is 11.8 Å². The minimum absolute atomic E-state index is 0.0287. The van der Waals surface area contributed by atoms with Crippen molar-refractivity contribution in [3.63, 3.8) is 0 Å². The Morgan fingerprint density at radius 3 is 2.52 bits per heavy atom. The summed E-state index contributed by atoms with van der Waals surface area (Å²) in [6.45, 7) is 3.27. The summed E-state index contributed by atoms with van der Waals surface area (Å²) in [5, 5.41) is 14.2. The Labute approximate surface area is 121 Å². The van der Waals surface area contributed by atoms with Gasteiger partial charge in [-0.25, -0.2) is 13.6 Å². The third-order valence-corrected chi connectivity index (χ3v) is 4.68. The summed E-state index contributed by atoms with van der Waals surface area (Å²) in [5.74, 6) is -1.65. The second-order valence-electron chi connectivity index (χ2n) is 5.42. The lowest BCUT2D eigenvalue weighted by molar-refractivity contribution is -0.147. The van der Waals surface area contributed by atoms with Crippen LogP contribution < -0.4 is 5.14 Å². The van der Waals surface area contributed by atoms with Gasteiger partial charge in [-0.05, 0) is 20.3 Å². The van der Waals surface area contributed by atoms with Crippen LogP contribution in [0, 0.1) is 12.3 Å². The monoisotopic (exact) mass is 316 g/mol. The average molecular weight is 316 g/mol. The van der Waals surface area contributed by atoms with E-state index in [4.69, 9.17) is 14.7 Å². The molecule has 1 aromatic heterocycles. The summed E-state index contributed by atoms with van der Waals surface area (Å²) < 4.78 is 27.8. The van der Waals surface area contributed by atoms with Crippen molar-refractivity contribution in [2.75, 3.05) is 13.1 Å². The Bertz CT molecular complexity index is 707. The molecule has 8 nitrogen and oxygen atoms in total. The number of primary sulfonamides is 1. The molecular formula is C12H16N2O6S. The normalized spacial score (nSPS) is 22.5. The number of furan rings is 1. The number of hydrogen-bond acceptors (Lipinski definition) is 5. The Morgan fingerprint density at radius 2 is 2.10 bits per heavy atom. The fraction of sp³-hybridized carbons (Fsp3) is 0.500. The van der Waals surface area contributed by atoms with Crippen molar-refractivity contribution in [1.82, 2.24) is 4.90 Å². The highest BCUT2D eigenvalue weighted by Gasteiger charge is 2.43. The Hall–Kier alpha value is -1.87. The number of likely N-dealkylation sites (tertiary alicyclic amines) is 1. The van der Waals surface area contributed by atoms with Crippen LogP contribution in [0.25, 0.3) is 0 Å². The fourth-order valence-electron chi connectivity index (χ4n) is 2.32. The minimum atomic E-state index is -3.96. The number of carbonyl (C=O) groups excluding carboxylic acids is 1. The molecule has 116 valence electrons.